The molecular weight excluding hydrogens is 186 g/mol. The molecule has 0 aromatic rings. The van der Waals surface area contributed by atoms with E-state index in [-0.39, 0.29) is 0 Å². The second-order valence-electron chi connectivity index (χ2n) is 4.30. The van der Waals surface area contributed by atoms with Gasteiger partial charge in [-0.15, -0.1) is 0 Å². The number of nitrogens with zero attached hydrogens (tertiary/aromatic N) is 2. The first kappa shape index (κ1) is 12.5. The molecule has 0 spiro atoms. The van der Waals surface area contributed by atoms with Crippen molar-refractivity contribution in [1.29, 1.82) is 5.26 Å². The molecule has 0 amide bonds. The SMILES string of the molecule is CCN(CCCC#N)CC1CCCCN1. The Morgan fingerprint density at radius 3 is 2.93 bits per heavy atom. The number of rotatable bonds is 6. The minimum Gasteiger partial charge on any atom is -0.313 e. The highest BCUT2D eigenvalue weighted by molar-refractivity contribution is 4.77. The molecule has 0 aromatic heterocycles. The lowest BCUT2D eigenvalue weighted by Crippen LogP contribution is -2.43. The van der Waals surface area contributed by atoms with Crippen LogP contribution in [0.2, 0.25) is 0 Å². The van der Waals surface area contributed by atoms with Crippen LogP contribution in [-0.4, -0.2) is 37.1 Å². The maximum absolute atomic E-state index is 8.49. The topological polar surface area (TPSA) is 39.1 Å². The number of piperidine rings is 1. The van der Waals surface area contributed by atoms with Crippen molar-refractivity contribution < 1.29 is 0 Å². The van der Waals surface area contributed by atoms with Crippen molar-refractivity contribution in [3.63, 3.8) is 0 Å². The Morgan fingerprint density at radius 2 is 2.33 bits per heavy atom. The maximum Gasteiger partial charge on any atom is 0.0622 e. The van der Waals surface area contributed by atoms with Gasteiger partial charge in [0.05, 0.1) is 6.07 Å². The summed E-state index contributed by atoms with van der Waals surface area (Å²) in [6.07, 6.45) is 5.71. The van der Waals surface area contributed by atoms with Gasteiger partial charge in [0, 0.05) is 19.0 Å². The fourth-order valence-corrected chi connectivity index (χ4v) is 2.15. The highest BCUT2D eigenvalue weighted by Gasteiger charge is 2.15. The van der Waals surface area contributed by atoms with Crippen molar-refractivity contribution in [2.75, 3.05) is 26.2 Å². The third kappa shape index (κ3) is 5.15. The van der Waals surface area contributed by atoms with Gasteiger partial charge in [0.2, 0.25) is 0 Å². The van der Waals surface area contributed by atoms with Gasteiger partial charge in [0.15, 0.2) is 0 Å². The van der Waals surface area contributed by atoms with Gasteiger partial charge < -0.3 is 10.2 Å². The predicted molar refractivity (Wildman–Crippen MR) is 62.6 cm³/mol. The molecule has 0 radical (unpaired) electrons. The van der Waals surface area contributed by atoms with Gasteiger partial charge >= 0.3 is 0 Å². The number of hydrogen-bond acceptors (Lipinski definition) is 3. The molecule has 1 unspecified atom stereocenters. The second-order valence-corrected chi connectivity index (χ2v) is 4.30. The maximum atomic E-state index is 8.49. The normalized spacial score (nSPS) is 21.5. The Bertz CT molecular complexity index is 192. The molecule has 0 bridgehead atoms. The van der Waals surface area contributed by atoms with Crippen LogP contribution in [0.3, 0.4) is 0 Å². The summed E-state index contributed by atoms with van der Waals surface area (Å²) in [6, 6.07) is 2.89. The van der Waals surface area contributed by atoms with E-state index in [9.17, 15) is 0 Å². The zero-order valence-corrected chi connectivity index (χ0v) is 9.84. The zero-order chi connectivity index (χ0) is 10.9. The Hall–Kier alpha value is -0.590. The quantitative estimate of drug-likeness (QED) is 0.677. The van der Waals surface area contributed by atoms with Crippen LogP contribution < -0.4 is 5.32 Å². The number of nitriles is 1. The average Bonchev–Trinajstić information content (AvgIpc) is 2.29. The molecule has 15 heavy (non-hydrogen) atoms. The van der Waals surface area contributed by atoms with Gasteiger partial charge in [-0.2, -0.15) is 5.26 Å². The Labute approximate surface area is 93.5 Å². The molecule has 0 aliphatic carbocycles. The van der Waals surface area contributed by atoms with Gasteiger partial charge in [0.1, 0.15) is 0 Å². The first-order valence-electron chi connectivity index (χ1n) is 6.19. The van der Waals surface area contributed by atoms with Crippen LogP contribution in [0.5, 0.6) is 0 Å². The molecule has 1 saturated heterocycles. The van der Waals surface area contributed by atoms with Crippen molar-refractivity contribution in [2.24, 2.45) is 0 Å². The molecule has 1 aliphatic heterocycles. The first-order chi connectivity index (χ1) is 7.36. The monoisotopic (exact) mass is 209 g/mol. The third-order valence-electron chi connectivity index (χ3n) is 3.10. The van der Waals surface area contributed by atoms with Crippen molar-refractivity contribution in [2.45, 2.75) is 45.1 Å². The fourth-order valence-electron chi connectivity index (χ4n) is 2.15. The van der Waals surface area contributed by atoms with E-state index in [1.54, 1.807) is 0 Å². The molecule has 1 atom stereocenters. The molecule has 0 aromatic carbocycles. The van der Waals surface area contributed by atoms with Gasteiger partial charge in [0.25, 0.3) is 0 Å². The lowest BCUT2D eigenvalue weighted by atomic mass is 10.0. The fraction of sp³-hybridized carbons (Fsp3) is 0.917. The van der Waals surface area contributed by atoms with E-state index < -0.39 is 0 Å². The minimum absolute atomic E-state index is 0.681. The summed E-state index contributed by atoms with van der Waals surface area (Å²) in [5.74, 6) is 0. The summed E-state index contributed by atoms with van der Waals surface area (Å²) >= 11 is 0. The third-order valence-corrected chi connectivity index (χ3v) is 3.10. The average molecular weight is 209 g/mol. The number of likely N-dealkylation sites (N-methyl/N-ethyl adjacent to an activating group) is 1. The molecule has 3 heteroatoms. The summed E-state index contributed by atoms with van der Waals surface area (Å²) in [4.78, 5) is 2.46. The van der Waals surface area contributed by atoms with Gasteiger partial charge in [-0.05, 0) is 38.9 Å². The van der Waals surface area contributed by atoms with E-state index in [1.807, 2.05) is 0 Å². The summed E-state index contributed by atoms with van der Waals surface area (Å²) in [5.41, 5.74) is 0. The molecule has 1 heterocycles. The summed E-state index contributed by atoms with van der Waals surface area (Å²) < 4.78 is 0. The van der Waals surface area contributed by atoms with Crippen LogP contribution in [0.15, 0.2) is 0 Å². The lowest BCUT2D eigenvalue weighted by Gasteiger charge is -2.29. The van der Waals surface area contributed by atoms with Gasteiger partial charge in [-0.25, -0.2) is 0 Å². The lowest BCUT2D eigenvalue weighted by molar-refractivity contribution is 0.232. The van der Waals surface area contributed by atoms with Crippen molar-refractivity contribution >= 4 is 0 Å². The number of unbranched alkanes of at least 4 members (excludes halogenated alkanes) is 1. The van der Waals surface area contributed by atoms with E-state index in [0.717, 1.165) is 26.1 Å². The van der Waals surface area contributed by atoms with Crippen molar-refractivity contribution in [3.8, 4) is 6.07 Å². The number of nitrogens with one attached hydrogen (secondary N) is 1. The Morgan fingerprint density at radius 1 is 1.47 bits per heavy atom. The second kappa shape index (κ2) is 7.67. The molecule has 1 aliphatic rings. The standard InChI is InChI=1S/C12H23N3/c1-2-15(10-6-4-8-13)11-12-7-3-5-9-14-12/h12,14H,2-7,9-11H2,1H3. The first-order valence-corrected chi connectivity index (χ1v) is 6.19. The van der Waals surface area contributed by atoms with Crippen molar-refractivity contribution in [3.05, 3.63) is 0 Å². The van der Waals surface area contributed by atoms with E-state index >= 15 is 0 Å². The van der Waals surface area contributed by atoms with Crippen LogP contribution in [0.1, 0.15) is 39.0 Å². The summed E-state index contributed by atoms with van der Waals surface area (Å²) in [6.45, 7) is 6.71. The molecule has 1 N–H and O–H groups in total. The largest absolute Gasteiger partial charge is 0.313 e. The smallest absolute Gasteiger partial charge is 0.0622 e. The minimum atomic E-state index is 0.681. The van der Waals surface area contributed by atoms with E-state index in [2.05, 4.69) is 23.2 Å². The van der Waals surface area contributed by atoms with Crippen LogP contribution in [0.4, 0.5) is 0 Å². The number of hydrogen-bond donors (Lipinski definition) is 1. The van der Waals surface area contributed by atoms with E-state index in [1.165, 1.54) is 25.8 Å². The van der Waals surface area contributed by atoms with Crippen LogP contribution in [0.25, 0.3) is 0 Å². The Balaban J connectivity index is 2.17. The van der Waals surface area contributed by atoms with Crippen LogP contribution >= 0.6 is 0 Å². The summed E-state index contributed by atoms with van der Waals surface area (Å²) in [7, 11) is 0. The molecule has 1 rings (SSSR count). The van der Waals surface area contributed by atoms with E-state index in [4.69, 9.17) is 5.26 Å². The highest BCUT2D eigenvalue weighted by Crippen LogP contribution is 2.08. The van der Waals surface area contributed by atoms with Crippen LogP contribution in [-0.2, 0) is 0 Å². The molecule has 86 valence electrons. The summed E-state index contributed by atoms with van der Waals surface area (Å²) in [5, 5.41) is 12.1. The predicted octanol–water partition coefficient (Wildman–Crippen LogP) is 1.75. The highest BCUT2D eigenvalue weighted by atomic mass is 15.1. The molecule has 1 fully saturated rings. The molecule has 0 saturated carbocycles. The molecular formula is C12H23N3. The van der Waals surface area contributed by atoms with Crippen LogP contribution in [0, 0.1) is 11.3 Å². The molecule has 3 nitrogen and oxygen atoms in total. The van der Waals surface area contributed by atoms with Gasteiger partial charge in [-0.3, -0.25) is 0 Å². The van der Waals surface area contributed by atoms with Crippen molar-refractivity contribution in [1.82, 2.24) is 10.2 Å². The Kier molecular flexibility index (Phi) is 6.38. The van der Waals surface area contributed by atoms with E-state index in [0.29, 0.717) is 12.5 Å². The zero-order valence-electron chi connectivity index (χ0n) is 9.84. The van der Waals surface area contributed by atoms with Gasteiger partial charge in [-0.1, -0.05) is 13.3 Å².